The first kappa shape index (κ1) is 17.3. The summed E-state index contributed by atoms with van der Waals surface area (Å²) in [5.41, 5.74) is 3.82. The molecule has 0 aliphatic carbocycles. The highest BCUT2D eigenvalue weighted by atomic mass is 15.4. The van der Waals surface area contributed by atoms with Gasteiger partial charge in [0.25, 0.3) is 0 Å². The van der Waals surface area contributed by atoms with Gasteiger partial charge in [0.2, 0.25) is 0 Å². The molecule has 0 radical (unpaired) electrons. The number of guanidine groups is 1. The quantitative estimate of drug-likeness (QED) is 0.682. The van der Waals surface area contributed by atoms with Gasteiger partial charge in [-0.3, -0.25) is 9.67 Å². The highest BCUT2D eigenvalue weighted by Crippen LogP contribution is 2.17. The molecule has 0 bridgehead atoms. The molecule has 6 heteroatoms. The lowest BCUT2D eigenvalue weighted by Gasteiger charge is -2.37. The van der Waals surface area contributed by atoms with Gasteiger partial charge in [0, 0.05) is 51.7 Å². The maximum Gasteiger partial charge on any atom is 0.193 e. The van der Waals surface area contributed by atoms with Gasteiger partial charge in [-0.05, 0) is 37.1 Å². The fourth-order valence-corrected chi connectivity index (χ4v) is 3.20. The molecule has 1 aliphatic rings. The van der Waals surface area contributed by atoms with Crippen molar-refractivity contribution in [3.8, 4) is 0 Å². The third-order valence-corrected chi connectivity index (χ3v) is 4.54. The van der Waals surface area contributed by atoms with Crippen molar-refractivity contribution in [1.29, 1.82) is 0 Å². The molecule has 1 saturated heterocycles. The fraction of sp³-hybridized carbons (Fsp3) is 0.474. The number of hydrogen-bond donors (Lipinski definition) is 1. The van der Waals surface area contributed by atoms with E-state index in [1.807, 2.05) is 17.9 Å². The van der Waals surface area contributed by atoms with Crippen molar-refractivity contribution in [3.05, 3.63) is 47.8 Å². The highest BCUT2D eigenvalue weighted by Gasteiger charge is 2.19. The van der Waals surface area contributed by atoms with E-state index in [2.05, 4.69) is 69.5 Å². The zero-order chi connectivity index (χ0) is 17.6. The van der Waals surface area contributed by atoms with E-state index < -0.39 is 0 Å². The summed E-state index contributed by atoms with van der Waals surface area (Å²) in [5, 5.41) is 7.78. The maximum absolute atomic E-state index is 4.44. The molecule has 0 spiro atoms. The number of aryl methyl sites for hydroxylation is 2. The minimum atomic E-state index is 0.825. The second-order valence-corrected chi connectivity index (χ2v) is 6.57. The Bertz CT molecular complexity index is 712. The van der Waals surface area contributed by atoms with Crippen LogP contribution < -0.4 is 10.2 Å². The summed E-state index contributed by atoms with van der Waals surface area (Å²) < 4.78 is 1.96. The number of aliphatic imine (C=N–C) groups is 1. The summed E-state index contributed by atoms with van der Waals surface area (Å²) in [6, 6.07) is 8.73. The summed E-state index contributed by atoms with van der Waals surface area (Å²) in [6.07, 6.45) is 3.95. The second-order valence-electron chi connectivity index (χ2n) is 6.57. The fourth-order valence-electron chi connectivity index (χ4n) is 3.20. The smallest absolute Gasteiger partial charge is 0.193 e. The second kappa shape index (κ2) is 8.05. The molecule has 1 aliphatic heterocycles. The van der Waals surface area contributed by atoms with Crippen LogP contribution in [0.25, 0.3) is 0 Å². The molecule has 1 fully saturated rings. The van der Waals surface area contributed by atoms with Crippen LogP contribution in [0.2, 0.25) is 0 Å². The number of nitrogens with zero attached hydrogens (tertiary/aromatic N) is 5. The van der Waals surface area contributed by atoms with E-state index in [0.717, 1.165) is 45.2 Å². The topological polar surface area (TPSA) is 48.7 Å². The number of benzene rings is 1. The molecule has 1 aromatic carbocycles. The molecule has 25 heavy (non-hydrogen) atoms. The molecule has 0 unspecified atom stereocenters. The van der Waals surface area contributed by atoms with Crippen LogP contribution >= 0.6 is 0 Å². The van der Waals surface area contributed by atoms with E-state index >= 15 is 0 Å². The SMILES string of the molecule is CN=C(NCCn1cc(C)cn1)N1CCN(c2cccc(C)c2)CC1. The van der Waals surface area contributed by atoms with Crippen LogP contribution in [0.3, 0.4) is 0 Å². The molecule has 0 saturated carbocycles. The van der Waals surface area contributed by atoms with Gasteiger partial charge < -0.3 is 15.1 Å². The first-order chi connectivity index (χ1) is 12.2. The average molecular weight is 340 g/mol. The van der Waals surface area contributed by atoms with Crippen LogP contribution in [0.5, 0.6) is 0 Å². The van der Waals surface area contributed by atoms with Crippen molar-refractivity contribution in [3.63, 3.8) is 0 Å². The number of hydrogen-bond acceptors (Lipinski definition) is 3. The summed E-state index contributed by atoms with van der Waals surface area (Å²) in [7, 11) is 1.85. The summed E-state index contributed by atoms with van der Waals surface area (Å²) in [6.45, 7) is 9.87. The molecule has 134 valence electrons. The number of piperazine rings is 1. The average Bonchev–Trinajstić information content (AvgIpc) is 3.04. The van der Waals surface area contributed by atoms with Crippen LogP contribution in [0.1, 0.15) is 11.1 Å². The molecule has 6 nitrogen and oxygen atoms in total. The molecule has 1 N–H and O–H groups in total. The van der Waals surface area contributed by atoms with Gasteiger partial charge in [0.1, 0.15) is 0 Å². The highest BCUT2D eigenvalue weighted by molar-refractivity contribution is 5.80. The summed E-state index contributed by atoms with van der Waals surface area (Å²) in [4.78, 5) is 9.22. The molecular formula is C19H28N6. The first-order valence-electron chi connectivity index (χ1n) is 8.92. The third-order valence-electron chi connectivity index (χ3n) is 4.54. The van der Waals surface area contributed by atoms with E-state index in [4.69, 9.17) is 0 Å². The Labute approximate surface area is 150 Å². The minimum Gasteiger partial charge on any atom is -0.368 e. The summed E-state index contributed by atoms with van der Waals surface area (Å²) >= 11 is 0. The Morgan fingerprint density at radius 1 is 1.16 bits per heavy atom. The predicted molar refractivity (Wildman–Crippen MR) is 103 cm³/mol. The zero-order valence-electron chi connectivity index (χ0n) is 15.4. The molecule has 1 aromatic heterocycles. The molecule has 0 atom stereocenters. The number of anilines is 1. The third kappa shape index (κ3) is 4.53. The van der Waals surface area contributed by atoms with Crippen molar-refractivity contribution < 1.29 is 0 Å². The Morgan fingerprint density at radius 3 is 2.60 bits per heavy atom. The van der Waals surface area contributed by atoms with Crippen molar-refractivity contribution in [2.24, 2.45) is 4.99 Å². The van der Waals surface area contributed by atoms with Gasteiger partial charge >= 0.3 is 0 Å². The van der Waals surface area contributed by atoms with Crippen molar-refractivity contribution in [2.75, 3.05) is 44.7 Å². The maximum atomic E-state index is 4.44. The Kier molecular flexibility index (Phi) is 5.58. The lowest BCUT2D eigenvalue weighted by molar-refractivity contribution is 0.371. The van der Waals surface area contributed by atoms with Crippen LogP contribution in [0.4, 0.5) is 5.69 Å². The van der Waals surface area contributed by atoms with E-state index in [1.165, 1.54) is 16.8 Å². The van der Waals surface area contributed by atoms with E-state index in [9.17, 15) is 0 Å². The standard InChI is InChI=1S/C19H28N6/c1-16-5-4-6-18(13-16)23-9-11-24(12-10-23)19(20-3)21-7-8-25-15-17(2)14-22-25/h4-6,13-15H,7-12H2,1-3H3,(H,20,21). The van der Waals surface area contributed by atoms with Crippen molar-refractivity contribution in [1.82, 2.24) is 20.0 Å². The molecular weight excluding hydrogens is 312 g/mol. The van der Waals surface area contributed by atoms with E-state index in [1.54, 1.807) is 0 Å². The molecule has 0 amide bonds. The first-order valence-corrected chi connectivity index (χ1v) is 8.92. The normalized spacial score (nSPS) is 15.6. The monoisotopic (exact) mass is 340 g/mol. The van der Waals surface area contributed by atoms with Crippen molar-refractivity contribution >= 4 is 11.6 Å². The zero-order valence-corrected chi connectivity index (χ0v) is 15.4. The van der Waals surface area contributed by atoms with E-state index in [0.29, 0.717) is 0 Å². The number of nitrogens with one attached hydrogen (secondary N) is 1. The van der Waals surface area contributed by atoms with Gasteiger partial charge in [0.05, 0.1) is 12.7 Å². The molecule has 2 aromatic rings. The Morgan fingerprint density at radius 2 is 1.96 bits per heavy atom. The predicted octanol–water partition coefficient (Wildman–Crippen LogP) is 1.90. The lowest BCUT2D eigenvalue weighted by atomic mass is 10.2. The van der Waals surface area contributed by atoms with Gasteiger partial charge in [-0.25, -0.2) is 0 Å². The van der Waals surface area contributed by atoms with Crippen molar-refractivity contribution in [2.45, 2.75) is 20.4 Å². The molecule has 2 heterocycles. The van der Waals surface area contributed by atoms with Crippen LogP contribution in [-0.2, 0) is 6.54 Å². The summed E-state index contributed by atoms with van der Waals surface area (Å²) in [5.74, 6) is 0.979. The van der Waals surface area contributed by atoms with Gasteiger partial charge in [0.15, 0.2) is 5.96 Å². The molecule has 3 rings (SSSR count). The number of rotatable bonds is 4. The van der Waals surface area contributed by atoms with Crippen LogP contribution in [0, 0.1) is 13.8 Å². The Balaban J connectivity index is 1.48. The van der Waals surface area contributed by atoms with Crippen LogP contribution in [-0.4, -0.2) is 60.4 Å². The number of aromatic nitrogens is 2. The largest absolute Gasteiger partial charge is 0.368 e. The van der Waals surface area contributed by atoms with Crippen LogP contribution in [0.15, 0.2) is 41.7 Å². The van der Waals surface area contributed by atoms with Gasteiger partial charge in [-0.15, -0.1) is 0 Å². The van der Waals surface area contributed by atoms with E-state index in [-0.39, 0.29) is 0 Å². The van der Waals surface area contributed by atoms with Gasteiger partial charge in [-0.2, -0.15) is 5.10 Å². The van der Waals surface area contributed by atoms with Gasteiger partial charge in [-0.1, -0.05) is 12.1 Å². The minimum absolute atomic E-state index is 0.825. The lowest BCUT2D eigenvalue weighted by Crippen LogP contribution is -2.53. The Hall–Kier alpha value is -2.50.